The highest BCUT2D eigenvalue weighted by molar-refractivity contribution is 7.91. The number of hydrogen-bond donors (Lipinski definition) is 0. The molecule has 0 atom stereocenters. The smallest absolute Gasteiger partial charge is 0.223 e. The van der Waals surface area contributed by atoms with Crippen LogP contribution in [0.4, 0.5) is 5.82 Å². The number of halogens is 2. The van der Waals surface area contributed by atoms with Crippen LogP contribution in [0.5, 0.6) is 0 Å². The second-order valence-corrected chi connectivity index (χ2v) is 9.66. The third-order valence-electron chi connectivity index (χ3n) is 4.69. The molecule has 1 aliphatic rings. The summed E-state index contributed by atoms with van der Waals surface area (Å²) in [7, 11) is -3.47. The van der Waals surface area contributed by atoms with Crippen molar-refractivity contribution < 1.29 is 13.2 Å². The van der Waals surface area contributed by atoms with E-state index >= 15 is 0 Å². The SMILES string of the molecule is Cc1ccc(S(=O)(=O)CCC(=O)N2CCN(c3ncc(Cl)cc3Cl)CC2)cc1. The lowest BCUT2D eigenvalue weighted by Gasteiger charge is -2.35. The Kier molecular flexibility index (Phi) is 6.47. The molecule has 0 aliphatic carbocycles. The molecule has 0 spiro atoms. The lowest BCUT2D eigenvalue weighted by molar-refractivity contribution is -0.131. The predicted molar refractivity (Wildman–Crippen MR) is 111 cm³/mol. The summed E-state index contributed by atoms with van der Waals surface area (Å²) >= 11 is 12.1. The maximum atomic E-state index is 12.5. The van der Waals surface area contributed by atoms with Crippen LogP contribution in [0.1, 0.15) is 12.0 Å². The number of amides is 1. The van der Waals surface area contributed by atoms with Crippen LogP contribution < -0.4 is 4.90 Å². The molecule has 0 radical (unpaired) electrons. The molecule has 1 aliphatic heterocycles. The number of pyridine rings is 1. The maximum Gasteiger partial charge on any atom is 0.223 e. The number of carbonyl (C=O) groups excluding carboxylic acids is 1. The zero-order valence-electron chi connectivity index (χ0n) is 15.4. The highest BCUT2D eigenvalue weighted by Crippen LogP contribution is 2.26. The third kappa shape index (κ3) is 4.96. The van der Waals surface area contributed by atoms with Crippen LogP contribution in [0.25, 0.3) is 0 Å². The van der Waals surface area contributed by atoms with Gasteiger partial charge >= 0.3 is 0 Å². The summed E-state index contributed by atoms with van der Waals surface area (Å²) < 4.78 is 24.8. The first kappa shape index (κ1) is 20.9. The number of sulfone groups is 1. The molecule has 9 heteroatoms. The second-order valence-electron chi connectivity index (χ2n) is 6.71. The number of anilines is 1. The van der Waals surface area contributed by atoms with E-state index in [9.17, 15) is 13.2 Å². The van der Waals surface area contributed by atoms with Crippen LogP contribution >= 0.6 is 23.2 Å². The van der Waals surface area contributed by atoms with Crippen LogP contribution in [0.15, 0.2) is 41.4 Å². The summed E-state index contributed by atoms with van der Waals surface area (Å²) in [5.74, 6) is 0.283. The first-order valence-electron chi connectivity index (χ1n) is 8.89. The number of carbonyl (C=O) groups is 1. The molecule has 0 bridgehead atoms. The molecule has 1 fully saturated rings. The number of aromatic nitrogens is 1. The number of piperazine rings is 1. The van der Waals surface area contributed by atoms with Crippen LogP contribution in [0, 0.1) is 6.92 Å². The minimum Gasteiger partial charge on any atom is -0.352 e. The van der Waals surface area contributed by atoms with Gasteiger partial charge in [-0.1, -0.05) is 40.9 Å². The predicted octanol–water partition coefficient (Wildman–Crippen LogP) is 3.21. The van der Waals surface area contributed by atoms with Gasteiger partial charge in [-0.15, -0.1) is 0 Å². The molecule has 1 aromatic carbocycles. The maximum absolute atomic E-state index is 12.5. The Morgan fingerprint density at radius 3 is 2.36 bits per heavy atom. The fraction of sp³-hybridized carbons (Fsp3) is 0.368. The van der Waals surface area contributed by atoms with Crippen LogP contribution in [0.2, 0.25) is 10.0 Å². The highest BCUT2D eigenvalue weighted by Gasteiger charge is 2.25. The van der Waals surface area contributed by atoms with Gasteiger partial charge in [0.15, 0.2) is 9.84 Å². The van der Waals surface area contributed by atoms with E-state index in [0.29, 0.717) is 42.0 Å². The summed E-state index contributed by atoms with van der Waals surface area (Å²) in [4.78, 5) is 20.7. The van der Waals surface area contributed by atoms with Crippen molar-refractivity contribution in [2.45, 2.75) is 18.2 Å². The van der Waals surface area contributed by atoms with Crippen molar-refractivity contribution in [3.63, 3.8) is 0 Å². The number of hydrogen-bond acceptors (Lipinski definition) is 5. The lowest BCUT2D eigenvalue weighted by atomic mass is 10.2. The molecule has 1 aromatic heterocycles. The van der Waals surface area contributed by atoms with E-state index in [2.05, 4.69) is 4.98 Å². The van der Waals surface area contributed by atoms with Crippen molar-refractivity contribution in [2.24, 2.45) is 0 Å². The Hall–Kier alpha value is -1.83. The van der Waals surface area contributed by atoms with E-state index in [1.165, 1.54) is 6.20 Å². The Labute approximate surface area is 175 Å². The average molecular weight is 442 g/mol. The van der Waals surface area contributed by atoms with Crippen molar-refractivity contribution in [1.29, 1.82) is 0 Å². The van der Waals surface area contributed by atoms with Crippen molar-refractivity contribution in [3.8, 4) is 0 Å². The molecule has 1 amide bonds. The van der Waals surface area contributed by atoms with E-state index in [1.54, 1.807) is 35.2 Å². The minimum atomic E-state index is -3.47. The number of nitrogens with zero attached hydrogens (tertiary/aromatic N) is 3. The summed E-state index contributed by atoms with van der Waals surface area (Å²) in [6, 6.07) is 8.31. The number of rotatable bonds is 5. The summed E-state index contributed by atoms with van der Waals surface area (Å²) in [5.41, 5.74) is 0.989. The number of benzene rings is 1. The zero-order valence-corrected chi connectivity index (χ0v) is 17.8. The normalized spacial score (nSPS) is 15.0. The van der Waals surface area contributed by atoms with Gasteiger partial charge < -0.3 is 9.80 Å². The van der Waals surface area contributed by atoms with Gasteiger partial charge in [-0.2, -0.15) is 0 Å². The van der Waals surface area contributed by atoms with Gasteiger partial charge in [0.1, 0.15) is 5.82 Å². The largest absolute Gasteiger partial charge is 0.352 e. The van der Waals surface area contributed by atoms with Gasteiger partial charge in [-0.25, -0.2) is 13.4 Å². The molecule has 0 N–H and O–H groups in total. The second kappa shape index (κ2) is 8.68. The Bertz CT molecular complexity index is 957. The zero-order chi connectivity index (χ0) is 20.3. The molecule has 0 saturated carbocycles. The molecule has 28 heavy (non-hydrogen) atoms. The van der Waals surface area contributed by atoms with E-state index in [-0.39, 0.29) is 23.0 Å². The summed E-state index contributed by atoms with van der Waals surface area (Å²) in [5, 5.41) is 0.939. The molecular weight excluding hydrogens is 421 g/mol. The standard InChI is InChI=1S/C19H21Cl2N3O3S/c1-14-2-4-16(5-3-14)28(26,27)11-6-18(25)23-7-9-24(10-8-23)19-17(21)12-15(20)13-22-19/h2-5,12-13H,6-11H2,1H3. The van der Waals surface area contributed by atoms with Gasteiger partial charge in [0.05, 0.1) is 20.7 Å². The molecule has 2 aromatic rings. The minimum absolute atomic E-state index is 0.0316. The van der Waals surface area contributed by atoms with Crippen molar-refractivity contribution in [3.05, 3.63) is 52.1 Å². The van der Waals surface area contributed by atoms with Crippen LogP contribution in [-0.4, -0.2) is 56.1 Å². The molecule has 150 valence electrons. The van der Waals surface area contributed by atoms with Crippen molar-refractivity contribution in [1.82, 2.24) is 9.88 Å². The average Bonchev–Trinajstić information content (AvgIpc) is 2.67. The topological polar surface area (TPSA) is 70.6 Å². The first-order valence-corrected chi connectivity index (χ1v) is 11.3. The quantitative estimate of drug-likeness (QED) is 0.711. The third-order valence-corrected chi connectivity index (χ3v) is 6.90. The van der Waals surface area contributed by atoms with E-state index in [1.807, 2.05) is 11.8 Å². The van der Waals surface area contributed by atoms with Crippen molar-refractivity contribution >= 4 is 44.8 Å². The molecule has 2 heterocycles. The fourth-order valence-corrected chi connectivity index (χ4v) is 4.78. The van der Waals surface area contributed by atoms with Gasteiger partial charge in [0.2, 0.25) is 5.91 Å². The molecular formula is C19H21Cl2N3O3S. The monoisotopic (exact) mass is 441 g/mol. The van der Waals surface area contributed by atoms with Crippen LogP contribution in [0.3, 0.4) is 0 Å². The lowest BCUT2D eigenvalue weighted by Crippen LogP contribution is -2.49. The fourth-order valence-electron chi connectivity index (χ4n) is 3.05. The van der Waals surface area contributed by atoms with Gasteiger partial charge in [0.25, 0.3) is 0 Å². The molecule has 6 nitrogen and oxygen atoms in total. The van der Waals surface area contributed by atoms with Gasteiger partial charge in [0, 0.05) is 38.8 Å². The number of aryl methyl sites for hydroxylation is 1. The van der Waals surface area contributed by atoms with Gasteiger partial charge in [-0.05, 0) is 25.1 Å². The summed E-state index contributed by atoms with van der Waals surface area (Å²) in [6.07, 6.45) is 1.51. The Balaban J connectivity index is 1.54. The Morgan fingerprint density at radius 1 is 1.11 bits per heavy atom. The van der Waals surface area contributed by atoms with E-state index in [4.69, 9.17) is 23.2 Å². The van der Waals surface area contributed by atoms with Crippen molar-refractivity contribution in [2.75, 3.05) is 36.8 Å². The first-order chi connectivity index (χ1) is 13.3. The van der Waals surface area contributed by atoms with E-state index < -0.39 is 9.84 Å². The molecule has 0 unspecified atom stereocenters. The Morgan fingerprint density at radius 2 is 1.75 bits per heavy atom. The summed E-state index contributed by atoms with van der Waals surface area (Å²) in [6.45, 7) is 4.02. The molecule has 1 saturated heterocycles. The molecule has 3 rings (SSSR count). The van der Waals surface area contributed by atoms with E-state index in [0.717, 1.165) is 5.56 Å². The van der Waals surface area contributed by atoms with Crippen LogP contribution in [-0.2, 0) is 14.6 Å². The van der Waals surface area contributed by atoms with Gasteiger partial charge in [-0.3, -0.25) is 4.79 Å². The highest BCUT2D eigenvalue weighted by atomic mass is 35.5.